The molecule has 0 aliphatic heterocycles. The highest BCUT2D eigenvalue weighted by Gasteiger charge is 2.22. The molecule has 1 heterocycles. The van der Waals surface area contributed by atoms with E-state index >= 15 is 0 Å². The minimum absolute atomic E-state index is 0.153. The molecule has 0 saturated carbocycles. The van der Waals surface area contributed by atoms with Crippen molar-refractivity contribution in [1.29, 1.82) is 0 Å². The van der Waals surface area contributed by atoms with Crippen LogP contribution in [0.1, 0.15) is 38.0 Å². The molecule has 1 aromatic heterocycles. The lowest BCUT2D eigenvalue weighted by Gasteiger charge is -2.22. The largest absolute Gasteiger partial charge is 0.444 e. The number of hydrogen-bond donors (Lipinski definition) is 5. The van der Waals surface area contributed by atoms with Crippen molar-refractivity contribution in [3.05, 3.63) is 23.4 Å². The summed E-state index contributed by atoms with van der Waals surface area (Å²) in [5.41, 5.74) is 5.54. The predicted octanol–water partition coefficient (Wildman–Crippen LogP) is 0.0751. The van der Waals surface area contributed by atoms with Crippen molar-refractivity contribution in [2.75, 3.05) is 12.3 Å². The molecule has 0 saturated heterocycles. The van der Waals surface area contributed by atoms with E-state index in [1.165, 1.54) is 12.3 Å². The van der Waals surface area contributed by atoms with Crippen molar-refractivity contribution < 1.29 is 24.9 Å². The van der Waals surface area contributed by atoms with Gasteiger partial charge in [-0.25, -0.2) is 9.78 Å². The highest BCUT2D eigenvalue weighted by Crippen LogP contribution is 2.20. The molecule has 2 unspecified atom stereocenters. The van der Waals surface area contributed by atoms with Crippen molar-refractivity contribution in [2.24, 2.45) is 0 Å². The number of hydrogen-bond acceptors (Lipinski definition) is 7. The molecule has 1 aromatic rings. The number of aliphatic hydroxyl groups excluding tert-OH is 3. The second-order valence-electron chi connectivity index (χ2n) is 5.87. The number of anilines is 1. The molecule has 0 fully saturated rings. The van der Waals surface area contributed by atoms with Gasteiger partial charge in [-0.2, -0.15) is 0 Å². The summed E-state index contributed by atoms with van der Waals surface area (Å²) in [5, 5.41) is 31.4. The average molecular weight is 313 g/mol. The zero-order valence-corrected chi connectivity index (χ0v) is 12.9. The van der Waals surface area contributed by atoms with Crippen molar-refractivity contribution in [2.45, 2.75) is 45.2 Å². The number of aliphatic hydroxyl groups is 3. The molecule has 8 nitrogen and oxygen atoms in total. The van der Waals surface area contributed by atoms with Gasteiger partial charge < -0.3 is 31.1 Å². The van der Waals surface area contributed by atoms with E-state index in [1.807, 2.05) is 0 Å². The Morgan fingerprint density at radius 1 is 1.45 bits per heavy atom. The number of nitrogen functional groups attached to an aromatic ring is 1. The third-order valence-corrected chi connectivity index (χ3v) is 2.75. The van der Waals surface area contributed by atoms with Gasteiger partial charge in [-0.3, -0.25) is 0 Å². The Morgan fingerprint density at radius 2 is 2.09 bits per heavy atom. The standard InChI is InChI=1S/C14H23N3O5/c1-14(2,3)22-13(21)17-6-10(19)11(20)8-4-9(7-18)12(15)16-5-8/h4-5,10-11,18-20H,6-7H2,1-3H3,(H2,15,16)(H,17,21). The predicted molar refractivity (Wildman–Crippen MR) is 79.8 cm³/mol. The van der Waals surface area contributed by atoms with Crippen LogP contribution in [0.25, 0.3) is 0 Å². The van der Waals surface area contributed by atoms with Gasteiger partial charge in [0.25, 0.3) is 0 Å². The SMILES string of the molecule is CC(C)(C)OC(=O)NCC(O)C(O)c1cnc(N)c(CO)c1. The van der Waals surface area contributed by atoms with Gasteiger partial charge in [0.15, 0.2) is 0 Å². The van der Waals surface area contributed by atoms with Crippen LogP contribution in [0.2, 0.25) is 0 Å². The normalized spacial score (nSPS) is 14.3. The number of alkyl carbamates (subject to hydrolysis) is 1. The Balaban J connectivity index is 2.62. The maximum Gasteiger partial charge on any atom is 0.407 e. The number of amides is 1. The summed E-state index contributed by atoms with van der Waals surface area (Å²) in [6.45, 7) is 4.62. The quantitative estimate of drug-likeness (QED) is 0.518. The summed E-state index contributed by atoms with van der Waals surface area (Å²) >= 11 is 0. The molecule has 1 amide bonds. The van der Waals surface area contributed by atoms with E-state index in [1.54, 1.807) is 20.8 Å². The molecule has 0 aromatic carbocycles. The maximum atomic E-state index is 11.5. The van der Waals surface area contributed by atoms with Gasteiger partial charge in [0, 0.05) is 23.9 Å². The Morgan fingerprint density at radius 3 is 2.64 bits per heavy atom. The van der Waals surface area contributed by atoms with Crippen molar-refractivity contribution in [1.82, 2.24) is 10.3 Å². The minimum Gasteiger partial charge on any atom is -0.444 e. The lowest BCUT2D eigenvalue weighted by atomic mass is 10.0. The van der Waals surface area contributed by atoms with E-state index < -0.39 is 23.9 Å². The molecule has 0 aliphatic carbocycles. The first kappa shape index (κ1) is 18.1. The van der Waals surface area contributed by atoms with Gasteiger partial charge in [-0.05, 0) is 26.8 Å². The lowest BCUT2D eigenvalue weighted by Crippen LogP contribution is -2.38. The maximum absolute atomic E-state index is 11.5. The van der Waals surface area contributed by atoms with Crippen molar-refractivity contribution >= 4 is 11.9 Å². The van der Waals surface area contributed by atoms with Crippen LogP contribution in [-0.2, 0) is 11.3 Å². The van der Waals surface area contributed by atoms with E-state index in [-0.39, 0.29) is 24.5 Å². The highest BCUT2D eigenvalue weighted by molar-refractivity contribution is 5.67. The topological polar surface area (TPSA) is 138 Å². The van der Waals surface area contributed by atoms with Crippen LogP contribution >= 0.6 is 0 Å². The van der Waals surface area contributed by atoms with E-state index in [0.29, 0.717) is 5.56 Å². The summed E-state index contributed by atoms with van der Waals surface area (Å²) in [4.78, 5) is 15.3. The summed E-state index contributed by atoms with van der Waals surface area (Å²) in [7, 11) is 0. The molecular formula is C14H23N3O5. The van der Waals surface area contributed by atoms with Crippen LogP contribution in [0.15, 0.2) is 12.3 Å². The fraction of sp³-hybridized carbons (Fsp3) is 0.571. The second-order valence-corrected chi connectivity index (χ2v) is 5.87. The van der Waals surface area contributed by atoms with Gasteiger partial charge in [0.05, 0.1) is 6.61 Å². The zero-order chi connectivity index (χ0) is 16.9. The average Bonchev–Trinajstić information content (AvgIpc) is 2.42. The summed E-state index contributed by atoms with van der Waals surface area (Å²) in [5.74, 6) is 0.153. The first-order chi connectivity index (χ1) is 10.1. The molecule has 6 N–H and O–H groups in total. The fourth-order valence-corrected chi connectivity index (χ4v) is 1.66. The summed E-state index contributed by atoms with van der Waals surface area (Å²) in [6.07, 6.45) is -1.93. The van der Waals surface area contributed by atoms with Crippen molar-refractivity contribution in [3.63, 3.8) is 0 Å². The molecule has 22 heavy (non-hydrogen) atoms. The molecule has 1 rings (SSSR count). The number of aromatic nitrogens is 1. The van der Waals surface area contributed by atoms with Gasteiger partial charge in [0.1, 0.15) is 23.6 Å². The smallest absolute Gasteiger partial charge is 0.407 e. The number of carbonyl (C=O) groups is 1. The highest BCUT2D eigenvalue weighted by atomic mass is 16.6. The first-order valence-electron chi connectivity index (χ1n) is 6.82. The van der Waals surface area contributed by atoms with E-state index in [0.717, 1.165) is 0 Å². The molecule has 0 spiro atoms. The van der Waals surface area contributed by atoms with Gasteiger partial charge >= 0.3 is 6.09 Å². The first-order valence-corrected chi connectivity index (χ1v) is 6.82. The van der Waals surface area contributed by atoms with Crippen LogP contribution in [0.4, 0.5) is 10.6 Å². The molecule has 124 valence electrons. The number of nitrogens with one attached hydrogen (secondary N) is 1. The number of carbonyl (C=O) groups excluding carboxylic acids is 1. The molecule has 0 aliphatic rings. The number of nitrogens with two attached hydrogens (primary N) is 1. The Labute approximate surface area is 128 Å². The van der Waals surface area contributed by atoms with E-state index in [9.17, 15) is 15.0 Å². The third kappa shape index (κ3) is 5.47. The fourth-order valence-electron chi connectivity index (χ4n) is 1.66. The van der Waals surface area contributed by atoms with Gasteiger partial charge in [0.2, 0.25) is 0 Å². The van der Waals surface area contributed by atoms with Gasteiger partial charge in [-0.15, -0.1) is 0 Å². The lowest BCUT2D eigenvalue weighted by molar-refractivity contribution is 0.0127. The number of nitrogens with zero attached hydrogens (tertiary/aromatic N) is 1. The molecule has 2 atom stereocenters. The molecule has 0 bridgehead atoms. The Kier molecular flexibility index (Phi) is 6.10. The molecule has 8 heteroatoms. The Hall–Kier alpha value is -1.90. The third-order valence-electron chi connectivity index (χ3n) is 2.75. The monoisotopic (exact) mass is 313 g/mol. The zero-order valence-electron chi connectivity index (χ0n) is 12.9. The molecule has 0 radical (unpaired) electrons. The van der Waals surface area contributed by atoms with Crippen LogP contribution in [-0.4, -0.2) is 44.6 Å². The van der Waals surface area contributed by atoms with Crippen LogP contribution < -0.4 is 11.1 Å². The van der Waals surface area contributed by atoms with Gasteiger partial charge in [-0.1, -0.05) is 0 Å². The summed E-state index contributed by atoms with van der Waals surface area (Å²) in [6, 6.07) is 1.45. The van der Waals surface area contributed by atoms with Crippen LogP contribution in [0, 0.1) is 0 Å². The number of pyridine rings is 1. The van der Waals surface area contributed by atoms with E-state index in [4.69, 9.17) is 15.6 Å². The number of rotatable bonds is 5. The Bertz CT molecular complexity index is 516. The van der Waals surface area contributed by atoms with E-state index in [2.05, 4.69) is 10.3 Å². The van der Waals surface area contributed by atoms with Crippen molar-refractivity contribution in [3.8, 4) is 0 Å². The van der Waals surface area contributed by atoms with Crippen LogP contribution in [0.5, 0.6) is 0 Å². The molecular weight excluding hydrogens is 290 g/mol. The van der Waals surface area contributed by atoms with Crippen LogP contribution in [0.3, 0.4) is 0 Å². The second kappa shape index (κ2) is 7.39. The minimum atomic E-state index is -1.28. The number of ether oxygens (including phenoxy) is 1. The summed E-state index contributed by atoms with van der Waals surface area (Å²) < 4.78 is 5.02.